The molecular weight excluding hydrogens is 400 g/mol. The Kier molecular flexibility index (Phi) is 3.15. The lowest BCUT2D eigenvalue weighted by Gasteiger charge is -2.13. The summed E-state index contributed by atoms with van der Waals surface area (Å²) in [6, 6.07) is 27.2. The molecule has 0 saturated heterocycles. The summed E-state index contributed by atoms with van der Waals surface area (Å²) in [6.07, 6.45) is 2.04. The topological polar surface area (TPSA) is 17.3 Å². The normalized spacial score (nSPS) is 13.5. The number of benzene rings is 4. The van der Waals surface area contributed by atoms with Crippen LogP contribution in [0.1, 0.15) is 33.6 Å². The van der Waals surface area contributed by atoms with Crippen molar-refractivity contribution in [1.82, 2.24) is 9.38 Å². The average Bonchev–Trinajstić information content (AvgIpc) is 3.49. The summed E-state index contributed by atoms with van der Waals surface area (Å²) in [5.41, 5.74) is 16.2. The Hall–Kier alpha value is -3.91. The van der Waals surface area contributed by atoms with Crippen LogP contribution < -0.4 is 0 Å². The summed E-state index contributed by atoms with van der Waals surface area (Å²) in [4.78, 5) is 4.96. The molecule has 6 aromatic rings. The number of nitrogens with zero attached hydrogens (tertiary/aromatic N) is 2. The molecule has 0 atom stereocenters. The fourth-order valence-electron chi connectivity index (χ4n) is 6.36. The summed E-state index contributed by atoms with van der Waals surface area (Å²) in [5, 5.41) is 3.83. The predicted octanol–water partition coefficient (Wildman–Crippen LogP) is 7.40. The predicted molar refractivity (Wildman–Crippen MR) is 136 cm³/mol. The molecule has 0 radical (unpaired) electrons. The number of imidazole rings is 1. The lowest BCUT2D eigenvalue weighted by Crippen LogP contribution is -1.95. The van der Waals surface area contributed by atoms with Crippen molar-refractivity contribution in [3.8, 4) is 22.3 Å². The minimum atomic E-state index is 1.01. The summed E-state index contributed by atoms with van der Waals surface area (Å²) < 4.78 is 2.37. The van der Waals surface area contributed by atoms with Gasteiger partial charge in [0.05, 0.1) is 11.2 Å². The highest BCUT2D eigenvalue weighted by Gasteiger charge is 2.29. The van der Waals surface area contributed by atoms with E-state index in [0.717, 1.165) is 24.2 Å². The molecule has 0 aliphatic heterocycles. The monoisotopic (exact) mass is 422 g/mol. The van der Waals surface area contributed by atoms with Gasteiger partial charge < -0.3 is 0 Å². The van der Waals surface area contributed by atoms with Crippen LogP contribution in [0.3, 0.4) is 0 Å². The second kappa shape index (κ2) is 5.90. The SMILES string of the molecule is Cc1nc2c3ccccc3c3cc4c(cc3n2c1C)Cc1ccc2c(c1-4)Cc1ccccc1-2. The van der Waals surface area contributed by atoms with Gasteiger partial charge in [0, 0.05) is 16.5 Å². The molecule has 156 valence electrons. The zero-order valence-electron chi connectivity index (χ0n) is 18.7. The first kappa shape index (κ1) is 17.6. The molecule has 0 N–H and O–H groups in total. The Morgan fingerprint density at radius 3 is 2.39 bits per heavy atom. The maximum Gasteiger partial charge on any atom is 0.145 e. The van der Waals surface area contributed by atoms with Gasteiger partial charge in [-0.05, 0) is 88.7 Å². The molecule has 2 aliphatic carbocycles. The van der Waals surface area contributed by atoms with Gasteiger partial charge in [0.2, 0.25) is 0 Å². The maximum absolute atomic E-state index is 4.96. The van der Waals surface area contributed by atoms with Crippen molar-refractivity contribution in [2.75, 3.05) is 0 Å². The lowest BCUT2D eigenvalue weighted by molar-refractivity contribution is 1.14. The highest BCUT2D eigenvalue weighted by atomic mass is 15.0. The van der Waals surface area contributed by atoms with Crippen molar-refractivity contribution in [1.29, 1.82) is 0 Å². The van der Waals surface area contributed by atoms with Crippen molar-refractivity contribution in [3.63, 3.8) is 0 Å². The van der Waals surface area contributed by atoms with Gasteiger partial charge in [-0.25, -0.2) is 4.98 Å². The minimum Gasteiger partial charge on any atom is -0.296 e. The molecule has 2 heteroatoms. The number of rotatable bonds is 0. The van der Waals surface area contributed by atoms with Gasteiger partial charge in [0.15, 0.2) is 0 Å². The molecule has 33 heavy (non-hydrogen) atoms. The van der Waals surface area contributed by atoms with E-state index in [1.165, 1.54) is 71.9 Å². The Labute approximate surface area is 192 Å². The molecule has 8 rings (SSSR count). The molecule has 4 aromatic carbocycles. The average molecular weight is 423 g/mol. The molecule has 0 fully saturated rings. The van der Waals surface area contributed by atoms with Crippen LogP contribution in [0.5, 0.6) is 0 Å². The van der Waals surface area contributed by atoms with Crippen LogP contribution >= 0.6 is 0 Å². The Balaban J connectivity index is 1.50. The van der Waals surface area contributed by atoms with Gasteiger partial charge in [-0.2, -0.15) is 0 Å². The highest BCUT2D eigenvalue weighted by molar-refractivity contribution is 6.13. The van der Waals surface area contributed by atoms with E-state index in [0.29, 0.717) is 0 Å². The number of aryl methyl sites for hydroxylation is 2. The molecule has 0 spiro atoms. The standard InChI is InChI=1S/C31H22N2/c1-17-18(2)33-29-15-21-13-20-11-12-24-22-8-4-3-7-19(22)14-28(24)30(20)26(21)16-27(29)23-9-5-6-10-25(23)31(33)32-17/h3-12,15-16H,13-14H2,1-2H3. The summed E-state index contributed by atoms with van der Waals surface area (Å²) >= 11 is 0. The highest BCUT2D eigenvalue weighted by Crippen LogP contribution is 2.49. The first-order chi connectivity index (χ1) is 16.2. The second-order valence-corrected chi connectivity index (χ2v) is 9.65. The van der Waals surface area contributed by atoms with Crippen molar-refractivity contribution in [3.05, 3.63) is 106 Å². The smallest absolute Gasteiger partial charge is 0.145 e. The summed E-state index contributed by atoms with van der Waals surface area (Å²) in [6.45, 7) is 4.31. The van der Waals surface area contributed by atoms with Crippen LogP contribution in [0.15, 0.2) is 72.8 Å². The third-order valence-electron chi connectivity index (χ3n) is 7.99. The van der Waals surface area contributed by atoms with Crippen molar-refractivity contribution in [2.24, 2.45) is 0 Å². The van der Waals surface area contributed by atoms with Gasteiger partial charge >= 0.3 is 0 Å². The van der Waals surface area contributed by atoms with Crippen molar-refractivity contribution in [2.45, 2.75) is 26.7 Å². The summed E-state index contributed by atoms with van der Waals surface area (Å²) in [7, 11) is 0. The van der Waals surface area contributed by atoms with Crippen molar-refractivity contribution >= 4 is 27.3 Å². The Morgan fingerprint density at radius 2 is 1.48 bits per heavy atom. The van der Waals surface area contributed by atoms with Crippen LogP contribution in [0.4, 0.5) is 0 Å². The van der Waals surface area contributed by atoms with Crippen LogP contribution in [0.2, 0.25) is 0 Å². The van der Waals surface area contributed by atoms with Crippen LogP contribution in [0, 0.1) is 13.8 Å². The molecule has 0 saturated carbocycles. The lowest BCUT2D eigenvalue weighted by atomic mass is 9.94. The van der Waals surface area contributed by atoms with Crippen LogP contribution in [0.25, 0.3) is 49.6 Å². The third kappa shape index (κ3) is 2.11. The largest absolute Gasteiger partial charge is 0.296 e. The van der Waals surface area contributed by atoms with Gasteiger partial charge in [0.25, 0.3) is 0 Å². The molecule has 2 aliphatic rings. The van der Waals surface area contributed by atoms with Crippen molar-refractivity contribution < 1.29 is 0 Å². The van der Waals surface area contributed by atoms with Gasteiger partial charge in [-0.3, -0.25) is 4.40 Å². The quantitative estimate of drug-likeness (QED) is 0.233. The van der Waals surface area contributed by atoms with E-state index in [-0.39, 0.29) is 0 Å². The first-order valence-electron chi connectivity index (χ1n) is 11.8. The van der Waals surface area contributed by atoms with E-state index in [1.807, 2.05) is 0 Å². The zero-order chi connectivity index (χ0) is 21.8. The molecular formula is C31H22N2. The molecule has 2 aromatic heterocycles. The maximum atomic E-state index is 4.96. The Morgan fingerprint density at radius 1 is 0.667 bits per heavy atom. The number of hydrogen-bond acceptors (Lipinski definition) is 1. The molecule has 2 nitrogen and oxygen atoms in total. The minimum absolute atomic E-state index is 1.01. The van der Waals surface area contributed by atoms with Gasteiger partial charge in [-0.1, -0.05) is 60.7 Å². The third-order valence-corrected chi connectivity index (χ3v) is 7.99. The van der Waals surface area contributed by atoms with E-state index >= 15 is 0 Å². The van der Waals surface area contributed by atoms with Gasteiger partial charge in [0.1, 0.15) is 5.65 Å². The van der Waals surface area contributed by atoms with Crippen LogP contribution in [-0.4, -0.2) is 9.38 Å². The van der Waals surface area contributed by atoms with E-state index in [2.05, 4.69) is 91.0 Å². The molecule has 0 unspecified atom stereocenters. The fourth-order valence-corrected chi connectivity index (χ4v) is 6.36. The first-order valence-corrected chi connectivity index (χ1v) is 11.8. The molecule has 0 bridgehead atoms. The zero-order valence-corrected chi connectivity index (χ0v) is 18.7. The number of fused-ring (bicyclic) bond motifs is 13. The molecule has 2 heterocycles. The second-order valence-electron chi connectivity index (χ2n) is 9.65. The fraction of sp³-hybridized carbons (Fsp3) is 0.129. The van der Waals surface area contributed by atoms with E-state index < -0.39 is 0 Å². The summed E-state index contributed by atoms with van der Waals surface area (Å²) in [5.74, 6) is 0. The van der Waals surface area contributed by atoms with E-state index in [1.54, 1.807) is 0 Å². The van der Waals surface area contributed by atoms with E-state index in [9.17, 15) is 0 Å². The number of hydrogen-bond donors (Lipinski definition) is 0. The van der Waals surface area contributed by atoms with Crippen LogP contribution in [-0.2, 0) is 12.8 Å². The van der Waals surface area contributed by atoms with E-state index in [4.69, 9.17) is 4.98 Å². The number of aromatic nitrogens is 2. The van der Waals surface area contributed by atoms with Gasteiger partial charge in [-0.15, -0.1) is 0 Å². The molecule has 0 amide bonds. The Bertz CT molecular complexity index is 1830. The number of pyridine rings is 1.